The number of benzene rings is 1. The molecule has 0 atom stereocenters. The topological polar surface area (TPSA) is 64.9 Å². The first-order chi connectivity index (χ1) is 8.60. The lowest BCUT2D eigenvalue weighted by Crippen LogP contribution is -2.35. The van der Waals surface area contributed by atoms with Crippen LogP contribution in [-0.4, -0.2) is 10.1 Å². The Hall–Kier alpha value is -1.39. The monoisotopic (exact) mass is 265 g/mol. The molecule has 2 aromatic rings. The third kappa shape index (κ3) is 2.26. The number of halogens is 1. The third-order valence-corrected chi connectivity index (χ3v) is 3.56. The van der Waals surface area contributed by atoms with E-state index in [4.69, 9.17) is 21.9 Å². The Labute approximate surface area is 111 Å². The van der Waals surface area contributed by atoms with Gasteiger partial charge in [0.05, 0.1) is 10.6 Å². The van der Waals surface area contributed by atoms with E-state index in [-0.39, 0.29) is 0 Å². The van der Waals surface area contributed by atoms with Crippen LogP contribution in [0.5, 0.6) is 0 Å². The number of rotatable bonds is 4. The fourth-order valence-corrected chi connectivity index (χ4v) is 1.95. The first kappa shape index (κ1) is 13.1. The zero-order valence-electron chi connectivity index (χ0n) is 10.5. The smallest absolute Gasteiger partial charge is 0.247 e. The summed E-state index contributed by atoms with van der Waals surface area (Å²) >= 11 is 6.10. The van der Waals surface area contributed by atoms with Crippen molar-refractivity contribution in [2.45, 2.75) is 32.2 Å². The van der Waals surface area contributed by atoms with Crippen LogP contribution in [-0.2, 0) is 5.54 Å². The molecule has 0 aliphatic rings. The van der Waals surface area contributed by atoms with E-state index < -0.39 is 5.54 Å². The summed E-state index contributed by atoms with van der Waals surface area (Å²) in [5.41, 5.74) is 6.41. The summed E-state index contributed by atoms with van der Waals surface area (Å²) in [7, 11) is 0. The van der Waals surface area contributed by atoms with Gasteiger partial charge in [-0.3, -0.25) is 0 Å². The Morgan fingerprint density at radius 1 is 1.28 bits per heavy atom. The molecule has 0 radical (unpaired) electrons. The van der Waals surface area contributed by atoms with Crippen LogP contribution in [0.1, 0.15) is 32.6 Å². The van der Waals surface area contributed by atoms with Crippen LogP contribution in [0.2, 0.25) is 5.02 Å². The molecule has 18 heavy (non-hydrogen) atoms. The van der Waals surface area contributed by atoms with Crippen molar-refractivity contribution in [1.29, 1.82) is 0 Å². The van der Waals surface area contributed by atoms with Crippen LogP contribution in [0.4, 0.5) is 0 Å². The standard InChI is InChI=1S/C13H16ClN3O/c1-3-13(15,4-2)12-16-11(17-18-12)9-7-5-6-8-10(9)14/h5-8H,3-4,15H2,1-2H3. The Bertz CT molecular complexity index is 535. The molecule has 0 spiro atoms. The molecule has 0 aliphatic carbocycles. The van der Waals surface area contributed by atoms with Gasteiger partial charge in [0, 0.05) is 5.56 Å². The molecule has 0 aliphatic heterocycles. The lowest BCUT2D eigenvalue weighted by molar-refractivity contribution is 0.268. The minimum absolute atomic E-state index is 0.461. The molecule has 5 heteroatoms. The summed E-state index contributed by atoms with van der Waals surface area (Å²) in [6.07, 6.45) is 1.49. The highest BCUT2D eigenvalue weighted by molar-refractivity contribution is 6.33. The molecule has 2 rings (SSSR count). The summed E-state index contributed by atoms with van der Waals surface area (Å²) in [5, 5.41) is 4.56. The van der Waals surface area contributed by atoms with Crippen molar-refractivity contribution in [2.75, 3.05) is 0 Å². The number of hydrogen-bond acceptors (Lipinski definition) is 4. The molecule has 0 unspecified atom stereocenters. The van der Waals surface area contributed by atoms with Crippen molar-refractivity contribution < 1.29 is 4.52 Å². The van der Waals surface area contributed by atoms with E-state index in [1.54, 1.807) is 6.07 Å². The number of nitrogens with zero attached hydrogens (tertiary/aromatic N) is 2. The molecular formula is C13H16ClN3O. The van der Waals surface area contributed by atoms with Crippen LogP contribution >= 0.6 is 11.6 Å². The second-order valence-corrected chi connectivity index (χ2v) is 4.67. The molecule has 1 aromatic carbocycles. The van der Waals surface area contributed by atoms with E-state index in [1.165, 1.54) is 0 Å². The van der Waals surface area contributed by atoms with E-state index in [1.807, 2.05) is 32.0 Å². The molecule has 0 saturated heterocycles. The molecule has 1 aromatic heterocycles. The van der Waals surface area contributed by atoms with Gasteiger partial charge in [0.2, 0.25) is 11.7 Å². The maximum absolute atomic E-state index is 6.22. The minimum Gasteiger partial charge on any atom is -0.337 e. The Kier molecular flexibility index (Phi) is 3.68. The average molecular weight is 266 g/mol. The third-order valence-electron chi connectivity index (χ3n) is 3.23. The van der Waals surface area contributed by atoms with Crippen LogP contribution < -0.4 is 5.73 Å². The van der Waals surface area contributed by atoms with Gasteiger partial charge in [-0.1, -0.05) is 42.7 Å². The van der Waals surface area contributed by atoms with Gasteiger partial charge in [0.15, 0.2) is 0 Å². The summed E-state index contributed by atoms with van der Waals surface area (Å²) in [5.74, 6) is 0.940. The van der Waals surface area contributed by atoms with Crippen LogP contribution in [0.3, 0.4) is 0 Å². The van der Waals surface area contributed by atoms with Crippen molar-refractivity contribution in [3.05, 3.63) is 35.2 Å². The molecular weight excluding hydrogens is 250 g/mol. The summed E-state index contributed by atoms with van der Waals surface area (Å²) < 4.78 is 5.28. The van der Waals surface area contributed by atoms with Gasteiger partial charge >= 0.3 is 0 Å². The van der Waals surface area contributed by atoms with Crippen molar-refractivity contribution >= 4 is 11.6 Å². The van der Waals surface area contributed by atoms with Gasteiger partial charge in [0.25, 0.3) is 0 Å². The fourth-order valence-electron chi connectivity index (χ4n) is 1.73. The highest BCUT2D eigenvalue weighted by Crippen LogP contribution is 2.29. The number of nitrogens with two attached hydrogens (primary N) is 1. The maximum atomic E-state index is 6.22. The molecule has 2 N–H and O–H groups in total. The SMILES string of the molecule is CCC(N)(CC)c1nc(-c2ccccc2Cl)no1. The Balaban J connectivity index is 2.40. The normalized spacial score (nSPS) is 11.8. The lowest BCUT2D eigenvalue weighted by Gasteiger charge is -2.20. The van der Waals surface area contributed by atoms with E-state index >= 15 is 0 Å². The van der Waals surface area contributed by atoms with Gasteiger partial charge in [-0.2, -0.15) is 4.98 Å². The molecule has 0 bridgehead atoms. The number of hydrogen-bond donors (Lipinski definition) is 1. The highest BCUT2D eigenvalue weighted by atomic mass is 35.5. The molecule has 0 fully saturated rings. The summed E-state index contributed by atoms with van der Waals surface area (Å²) in [6, 6.07) is 7.39. The van der Waals surface area contributed by atoms with E-state index in [9.17, 15) is 0 Å². The van der Waals surface area contributed by atoms with Crippen molar-refractivity contribution in [3.63, 3.8) is 0 Å². The predicted octanol–water partition coefficient (Wildman–Crippen LogP) is 3.36. The number of aromatic nitrogens is 2. The zero-order chi connectivity index (χ0) is 13.2. The summed E-state index contributed by atoms with van der Waals surface area (Å²) in [6.45, 7) is 4.01. The van der Waals surface area contributed by atoms with Crippen molar-refractivity contribution in [1.82, 2.24) is 10.1 Å². The summed E-state index contributed by atoms with van der Waals surface area (Å²) in [4.78, 5) is 4.37. The fraction of sp³-hybridized carbons (Fsp3) is 0.385. The van der Waals surface area contributed by atoms with Gasteiger partial charge in [-0.05, 0) is 25.0 Å². The molecule has 1 heterocycles. The van der Waals surface area contributed by atoms with Crippen LogP contribution in [0.15, 0.2) is 28.8 Å². The first-order valence-corrected chi connectivity index (χ1v) is 6.36. The largest absolute Gasteiger partial charge is 0.337 e. The van der Waals surface area contributed by atoms with Gasteiger partial charge in [0.1, 0.15) is 0 Å². The Morgan fingerprint density at radius 3 is 2.56 bits per heavy atom. The predicted molar refractivity (Wildman–Crippen MR) is 71.2 cm³/mol. The lowest BCUT2D eigenvalue weighted by atomic mass is 9.94. The molecule has 0 amide bonds. The van der Waals surface area contributed by atoms with Crippen LogP contribution in [0, 0.1) is 0 Å². The highest BCUT2D eigenvalue weighted by Gasteiger charge is 2.30. The molecule has 4 nitrogen and oxygen atoms in total. The average Bonchev–Trinajstić information content (AvgIpc) is 2.88. The van der Waals surface area contributed by atoms with Gasteiger partial charge in [-0.25, -0.2) is 0 Å². The minimum atomic E-state index is -0.563. The van der Waals surface area contributed by atoms with Crippen molar-refractivity contribution in [3.8, 4) is 11.4 Å². The second kappa shape index (κ2) is 5.08. The van der Waals surface area contributed by atoms with E-state index in [0.29, 0.717) is 16.7 Å². The van der Waals surface area contributed by atoms with E-state index in [0.717, 1.165) is 18.4 Å². The second-order valence-electron chi connectivity index (χ2n) is 4.27. The molecule has 0 saturated carbocycles. The van der Waals surface area contributed by atoms with Gasteiger partial charge < -0.3 is 10.3 Å². The van der Waals surface area contributed by atoms with E-state index in [2.05, 4.69) is 10.1 Å². The molecule has 96 valence electrons. The van der Waals surface area contributed by atoms with Crippen LogP contribution in [0.25, 0.3) is 11.4 Å². The quantitative estimate of drug-likeness (QED) is 0.921. The first-order valence-electron chi connectivity index (χ1n) is 5.98. The Morgan fingerprint density at radius 2 is 1.94 bits per heavy atom. The van der Waals surface area contributed by atoms with Crippen molar-refractivity contribution in [2.24, 2.45) is 5.73 Å². The maximum Gasteiger partial charge on any atom is 0.247 e. The van der Waals surface area contributed by atoms with Gasteiger partial charge in [-0.15, -0.1) is 0 Å². The zero-order valence-corrected chi connectivity index (χ0v) is 11.2.